The van der Waals surface area contributed by atoms with Crippen LogP contribution < -0.4 is 0 Å². The van der Waals surface area contributed by atoms with Gasteiger partial charge in [-0.2, -0.15) is 0 Å². The maximum Gasteiger partial charge on any atom is 0.0704 e. The number of ether oxygens (including phenoxy) is 3. The standard InChI is InChI=1S/C10H20O3/c1-4-6-12-8-9-13-7-5-10(2)11-3/h4,10H,1,5-9H2,2-3H3. The van der Waals surface area contributed by atoms with E-state index in [-0.39, 0.29) is 6.10 Å². The van der Waals surface area contributed by atoms with Crippen LogP contribution in [-0.4, -0.2) is 39.6 Å². The summed E-state index contributed by atoms with van der Waals surface area (Å²) in [5.41, 5.74) is 0. The minimum atomic E-state index is 0.272. The summed E-state index contributed by atoms with van der Waals surface area (Å²) in [7, 11) is 1.71. The fraction of sp³-hybridized carbons (Fsp3) is 0.800. The largest absolute Gasteiger partial charge is 0.382 e. The van der Waals surface area contributed by atoms with Crippen molar-refractivity contribution >= 4 is 0 Å². The second kappa shape index (κ2) is 9.71. The molecule has 0 radical (unpaired) electrons. The minimum Gasteiger partial charge on any atom is -0.382 e. The fourth-order valence-electron chi connectivity index (χ4n) is 0.754. The zero-order valence-electron chi connectivity index (χ0n) is 8.62. The average Bonchev–Trinajstić information content (AvgIpc) is 2.16. The lowest BCUT2D eigenvalue weighted by atomic mass is 10.3. The van der Waals surface area contributed by atoms with Gasteiger partial charge in [0.05, 0.1) is 25.9 Å². The topological polar surface area (TPSA) is 27.7 Å². The molecule has 0 aliphatic heterocycles. The molecule has 3 heteroatoms. The van der Waals surface area contributed by atoms with E-state index in [1.807, 2.05) is 6.92 Å². The van der Waals surface area contributed by atoms with Gasteiger partial charge in [-0.25, -0.2) is 0 Å². The van der Waals surface area contributed by atoms with Gasteiger partial charge in [-0.15, -0.1) is 6.58 Å². The third-order valence-corrected chi connectivity index (χ3v) is 1.68. The molecule has 0 amide bonds. The Morgan fingerprint density at radius 2 is 1.92 bits per heavy atom. The van der Waals surface area contributed by atoms with E-state index in [0.29, 0.717) is 19.8 Å². The highest BCUT2D eigenvalue weighted by Gasteiger charge is 1.97. The molecular formula is C10H20O3. The molecule has 13 heavy (non-hydrogen) atoms. The molecular weight excluding hydrogens is 168 g/mol. The van der Waals surface area contributed by atoms with Crippen LogP contribution in [0.2, 0.25) is 0 Å². The van der Waals surface area contributed by atoms with E-state index in [1.165, 1.54) is 0 Å². The molecule has 0 aliphatic rings. The van der Waals surface area contributed by atoms with E-state index >= 15 is 0 Å². The van der Waals surface area contributed by atoms with Crippen LogP contribution >= 0.6 is 0 Å². The summed E-state index contributed by atoms with van der Waals surface area (Å²) in [5, 5.41) is 0. The molecule has 0 saturated carbocycles. The zero-order chi connectivity index (χ0) is 9.94. The lowest BCUT2D eigenvalue weighted by Gasteiger charge is -2.09. The Bertz CT molecular complexity index is 115. The fourth-order valence-corrected chi connectivity index (χ4v) is 0.754. The van der Waals surface area contributed by atoms with Crippen LogP contribution in [0.15, 0.2) is 12.7 Å². The predicted molar refractivity (Wildman–Crippen MR) is 52.9 cm³/mol. The van der Waals surface area contributed by atoms with Crippen LogP contribution in [0.5, 0.6) is 0 Å². The number of hydrogen-bond donors (Lipinski definition) is 0. The summed E-state index contributed by atoms with van der Waals surface area (Å²) >= 11 is 0. The maximum absolute atomic E-state index is 5.31. The quantitative estimate of drug-likeness (QED) is 0.406. The molecule has 0 aromatic heterocycles. The van der Waals surface area contributed by atoms with Crippen molar-refractivity contribution in [2.75, 3.05) is 33.5 Å². The SMILES string of the molecule is C=CCOCCOCCC(C)OC. The summed E-state index contributed by atoms with van der Waals surface area (Å²) in [5.74, 6) is 0. The number of methoxy groups -OCH3 is 1. The minimum absolute atomic E-state index is 0.272. The van der Waals surface area contributed by atoms with Crippen LogP contribution in [0.4, 0.5) is 0 Å². The Morgan fingerprint density at radius 1 is 1.23 bits per heavy atom. The molecule has 0 heterocycles. The van der Waals surface area contributed by atoms with Crippen LogP contribution in [0.3, 0.4) is 0 Å². The monoisotopic (exact) mass is 188 g/mol. The van der Waals surface area contributed by atoms with Gasteiger partial charge in [0.2, 0.25) is 0 Å². The third kappa shape index (κ3) is 9.53. The van der Waals surface area contributed by atoms with E-state index in [2.05, 4.69) is 6.58 Å². The molecule has 0 fully saturated rings. The van der Waals surface area contributed by atoms with Gasteiger partial charge in [-0.3, -0.25) is 0 Å². The van der Waals surface area contributed by atoms with Gasteiger partial charge in [-0.05, 0) is 13.3 Å². The molecule has 0 N–H and O–H groups in total. The summed E-state index contributed by atoms with van der Waals surface area (Å²) in [4.78, 5) is 0. The van der Waals surface area contributed by atoms with E-state index < -0.39 is 0 Å². The lowest BCUT2D eigenvalue weighted by molar-refractivity contribution is 0.0323. The van der Waals surface area contributed by atoms with E-state index in [0.717, 1.165) is 13.0 Å². The molecule has 1 unspecified atom stereocenters. The van der Waals surface area contributed by atoms with E-state index in [4.69, 9.17) is 14.2 Å². The van der Waals surface area contributed by atoms with Crippen molar-refractivity contribution in [3.63, 3.8) is 0 Å². The molecule has 0 aromatic rings. The van der Waals surface area contributed by atoms with Gasteiger partial charge < -0.3 is 14.2 Å². The Hall–Kier alpha value is -0.380. The summed E-state index contributed by atoms with van der Waals surface area (Å²) < 4.78 is 15.5. The van der Waals surface area contributed by atoms with Crippen molar-refractivity contribution in [3.8, 4) is 0 Å². The van der Waals surface area contributed by atoms with E-state index in [1.54, 1.807) is 13.2 Å². The van der Waals surface area contributed by atoms with Gasteiger partial charge in [0.1, 0.15) is 0 Å². The van der Waals surface area contributed by atoms with Crippen LogP contribution in [-0.2, 0) is 14.2 Å². The first-order chi connectivity index (χ1) is 6.31. The predicted octanol–water partition coefficient (Wildman–Crippen LogP) is 1.63. The Kier molecular flexibility index (Phi) is 9.42. The Morgan fingerprint density at radius 3 is 2.54 bits per heavy atom. The van der Waals surface area contributed by atoms with Crippen molar-refractivity contribution < 1.29 is 14.2 Å². The molecule has 0 rings (SSSR count). The lowest BCUT2D eigenvalue weighted by Crippen LogP contribution is -2.11. The number of rotatable bonds is 9. The number of hydrogen-bond acceptors (Lipinski definition) is 3. The molecule has 0 aliphatic carbocycles. The third-order valence-electron chi connectivity index (χ3n) is 1.68. The summed E-state index contributed by atoms with van der Waals surface area (Å²) in [6, 6.07) is 0. The first-order valence-electron chi connectivity index (χ1n) is 4.60. The molecule has 0 aromatic carbocycles. The van der Waals surface area contributed by atoms with Gasteiger partial charge in [0.25, 0.3) is 0 Å². The zero-order valence-corrected chi connectivity index (χ0v) is 8.62. The second-order valence-electron chi connectivity index (χ2n) is 2.81. The van der Waals surface area contributed by atoms with Crippen molar-refractivity contribution in [2.45, 2.75) is 19.4 Å². The first-order valence-corrected chi connectivity index (χ1v) is 4.60. The highest BCUT2D eigenvalue weighted by molar-refractivity contribution is 4.63. The highest BCUT2D eigenvalue weighted by atomic mass is 16.5. The molecule has 3 nitrogen and oxygen atoms in total. The summed E-state index contributed by atoms with van der Waals surface area (Å²) in [6.07, 6.45) is 2.93. The molecule has 0 spiro atoms. The average molecular weight is 188 g/mol. The van der Waals surface area contributed by atoms with E-state index in [9.17, 15) is 0 Å². The smallest absolute Gasteiger partial charge is 0.0704 e. The van der Waals surface area contributed by atoms with Gasteiger partial charge >= 0.3 is 0 Å². The van der Waals surface area contributed by atoms with Crippen molar-refractivity contribution in [2.24, 2.45) is 0 Å². The van der Waals surface area contributed by atoms with Crippen LogP contribution in [0, 0.1) is 0 Å². The van der Waals surface area contributed by atoms with Gasteiger partial charge in [-0.1, -0.05) is 6.08 Å². The Labute approximate surface area is 80.7 Å². The van der Waals surface area contributed by atoms with Crippen LogP contribution in [0.25, 0.3) is 0 Å². The highest BCUT2D eigenvalue weighted by Crippen LogP contribution is 1.94. The van der Waals surface area contributed by atoms with Crippen molar-refractivity contribution in [1.82, 2.24) is 0 Å². The Balaban J connectivity index is 2.95. The van der Waals surface area contributed by atoms with Crippen LogP contribution in [0.1, 0.15) is 13.3 Å². The molecule has 78 valence electrons. The summed E-state index contributed by atoms with van der Waals surface area (Å²) in [6.45, 7) is 8.17. The normalized spacial score (nSPS) is 12.8. The first kappa shape index (κ1) is 12.6. The maximum atomic E-state index is 5.31. The van der Waals surface area contributed by atoms with Gasteiger partial charge in [0.15, 0.2) is 0 Å². The molecule has 0 bridgehead atoms. The van der Waals surface area contributed by atoms with Gasteiger partial charge in [0, 0.05) is 13.7 Å². The second-order valence-corrected chi connectivity index (χ2v) is 2.81. The van der Waals surface area contributed by atoms with Crippen molar-refractivity contribution in [1.29, 1.82) is 0 Å². The molecule has 1 atom stereocenters. The molecule has 0 saturated heterocycles. The van der Waals surface area contributed by atoms with Crippen molar-refractivity contribution in [3.05, 3.63) is 12.7 Å².